The van der Waals surface area contributed by atoms with Crippen molar-refractivity contribution in [3.63, 3.8) is 0 Å². The Morgan fingerprint density at radius 1 is 1.00 bits per heavy atom. The van der Waals surface area contributed by atoms with Gasteiger partial charge < -0.3 is 4.74 Å². The average Bonchev–Trinajstić information content (AvgIpc) is 3.02. The highest BCUT2D eigenvalue weighted by molar-refractivity contribution is 6.28. The molecule has 142 valence electrons. The first-order valence-corrected chi connectivity index (χ1v) is 8.09. The van der Waals surface area contributed by atoms with Gasteiger partial charge in [0.25, 0.3) is 0 Å². The Hall–Kier alpha value is -3.27. The zero-order chi connectivity index (χ0) is 19.9. The van der Waals surface area contributed by atoms with Gasteiger partial charge in [-0.2, -0.15) is 22.1 Å². The predicted octanol–water partition coefficient (Wildman–Crippen LogP) is 4.79. The van der Waals surface area contributed by atoms with E-state index in [1.807, 2.05) is 0 Å². The van der Waals surface area contributed by atoms with E-state index in [0.29, 0.717) is 5.65 Å². The van der Waals surface area contributed by atoms with E-state index in [4.69, 9.17) is 16.3 Å². The van der Waals surface area contributed by atoms with Gasteiger partial charge in [-0.25, -0.2) is 4.98 Å². The van der Waals surface area contributed by atoms with E-state index in [-0.39, 0.29) is 28.0 Å². The van der Waals surface area contributed by atoms with E-state index in [9.17, 15) is 17.6 Å². The highest BCUT2D eigenvalue weighted by Crippen LogP contribution is 2.39. The van der Waals surface area contributed by atoms with Gasteiger partial charge in [0, 0.05) is 23.4 Å². The molecule has 4 rings (SSSR count). The maximum Gasteiger partial charge on any atom is 0.416 e. The normalized spacial score (nSPS) is 11.8. The summed E-state index contributed by atoms with van der Waals surface area (Å²) >= 11 is 5.85. The molecule has 0 N–H and O–H groups in total. The second-order valence-corrected chi connectivity index (χ2v) is 5.90. The quantitative estimate of drug-likeness (QED) is 0.359. The molecule has 0 atom stereocenters. The molecular weight excluding hydrogens is 402 g/mol. The van der Waals surface area contributed by atoms with Crippen molar-refractivity contribution in [1.29, 1.82) is 0 Å². The first-order chi connectivity index (χ1) is 13.3. The monoisotopic (exact) mass is 409 g/mol. The summed E-state index contributed by atoms with van der Waals surface area (Å²) in [5, 5.41) is 11.3. The largest absolute Gasteiger partial charge is 0.437 e. The minimum atomic E-state index is -4.61. The Labute approximate surface area is 159 Å². The van der Waals surface area contributed by atoms with Crippen LogP contribution in [-0.2, 0) is 6.18 Å². The number of aromatic nitrogens is 5. The highest BCUT2D eigenvalue weighted by Gasteiger charge is 2.32. The van der Waals surface area contributed by atoms with E-state index < -0.39 is 17.7 Å². The number of ether oxygens (including phenoxy) is 1. The number of alkyl halides is 3. The molecule has 28 heavy (non-hydrogen) atoms. The van der Waals surface area contributed by atoms with Crippen molar-refractivity contribution in [3.05, 3.63) is 65.5 Å². The molecule has 11 heteroatoms. The smallest absolute Gasteiger partial charge is 0.416 e. The fourth-order valence-corrected chi connectivity index (χ4v) is 2.67. The molecule has 1 aromatic carbocycles. The zero-order valence-corrected chi connectivity index (χ0v) is 14.4. The van der Waals surface area contributed by atoms with Gasteiger partial charge >= 0.3 is 6.18 Å². The summed E-state index contributed by atoms with van der Waals surface area (Å²) in [7, 11) is 0. The molecule has 0 spiro atoms. The topological polar surface area (TPSA) is 65.2 Å². The van der Waals surface area contributed by atoms with Crippen molar-refractivity contribution in [2.24, 2.45) is 0 Å². The Kier molecular flexibility index (Phi) is 4.34. The second-order valence-electron chi connectivity index (χ2n) is 5.56. The third kappa shape index (κ3) is 3.33. The molecule has 0 aliphatic rings. The number of hydrogen-bond donors (Lipinski definition) is 0. The van der Waals surface area contributed by atoms with Crippen LogP contribution in [0.4, 0.5) is 17.6 Å². The molecule has 0 fully saturated rings. The Balaban J connectivity index is 1.84. The number of nitrogens with zero attached hydrogens (tertiary/aromatic N) is 5. The van der Waals surface area contributed by atoms with Crippen molar-refractivity contribution in [2.75, 3.05) is 0 Å². The van der Waals surface area contributed by atoms with Crippen LogP contribution in [0.5, 0.6) is 11.6 Å². The van der Waals surface area contributed by atoms with Crippen LogP contribution in [0.25, 0.3) is 16.8 Å². The molecule has 6 nitrogen and oxygen atoms in total. The third-order valence-electron chi connectivity index (χ3n) is 3.77. The molecule has 3 heterocycles. The number of rotatable bonds is 3. The van der Waals surface area contributed by atoms with Crippen molar-refractivity contribution in [3.8, 4) is 22.8 Å². The number of halogens is 5. The van der Waals surface area contributed by atoms with Crippen LogP contribution in [0.15, 0.2) is 48.7 Å². The van der Waals surface area contributed by atoms with Crippen LogP contribution >= 0.6 is 11.6 Å². The molecule has 4 aromatic rings. The van der Waals surface area contributed by atoms with E-state index in [0.717, 1.165) is 22.7 Å². The van der Waals surface area contributed by atoms with Gasteiger partial charge in [0.05, 0.1) is 5.56 Å². The van der Waals surface area contributed by atoms with E-state index in [1.54, 1.807) is 0 Å². The molecule has 0 amide bonds. The molecule has 0 aliphatic carbocycles. The molecule has 0 saturated carbocycles. The first-order valence-electron chi connectivity index (χ1n) is 7.71. The van der Waals surface area contributed by atoms with Crippen LogP contribution < -0.4 is 4.74 Å². The maximum atomic E-state index is 14.1. The van der Waals surface area contributed by atoms with Crippen molar-refractivity contribution in [2.45, 2.75) is 6.18 Å². The third-order valence-corrected chi connectivity index (χ3v) is 4.01. The lowest BCUT2D eigenvalue weighted by Gasteiger charge is -2.14. The van der Waals surface area contributed by atoms with Crippen LogP contribution in [0.3, 0.4) is 0 Å². The van der Waals surface area contributed by atoms with Crippen molar-refractivity contribution in [1.82, 2.24) is 24.8 Å². The van der Waals surface area contributed by atoms with Gasteiger partial charge in [0.2, 0.25) is 17.1 Å². The molecule has 0 saturated heterocycles. The van der Waals surface area contributed by atoms with Gasteiger partial charge in [0.1, 0.15) is 5.75 Å². The summed E-state index contributed by atoms with van der Waals surface area (Å²) in [6, 6.07) is 8.40. The van der Waals surface area contributed by atoms with Crippen LogP contribution in [0, 0.1) is 5.95 Å². The van der Waals surface area contributed by atoms with E-state index >= 15 is 0 Å². The van der Waals surface area contributed by atoms with Crippen molar-refractivity contribution < 1.29 is 22.3 Å². The highest BCUT2D eigenvalue weighted by atomic mass is 35.5. The number of hydrogen-bond acceptors (Lipinski definition) is 5. The summed E-state index contributed by atoms with van der Waals surface area (Å²) in [5.74, 6) is -1.19. The molecule has 0 bridgehead atoms. The molecule has 3 aromatic heterocycles. The first kappa shape index (κ1) is 18.1. The molecule has 0 unspecified atom stereocenters. The molecular formula is C17H8ClF4N5O. The van der Waals surface area contributed by atoms with Gasteiger partial charge in [-0.1, -0.05) is 0 Å². The van der Waals surface area contributed by atoms with Crippen LogP contribution in [0.2, 0.25) is 5.28 Å². The minimum Gasteiger partial charge on any atom is -0.437 e. The van der Waals surface area contributed by atoms with E-state index in [2.05, 4.69) is 20.3 Å². The predicted molar refractivity (Wildman–Crippen MR) is 90.5 cm³/mol. The SMILES string of the molecule is Fc1ncccc1-c1ccc(C(F)(F)F)cc1Oc1ccc2nnc(Cl)n2n1. The second kappa shape index (κ2) is 6.71. The number of benzene rings is 1. The fraction of sp³-hybridized carbons (Fsp3) is 0.0588. The Morgan fingerprint density at radius 2 is 1.82 bits per heavy atom. The summed E-state index contributed by atoms with van der Waals surface area (Å²) in [6.07, 6.45) is -3.38. The maximum absolute atomic E-state index is 14.1. The Bertz CT molecular complexity index is 1180. The van der Waals surface area contributed by atoms with Crippen molar-refractivity contribution >= 4 is 17.2 Å². The zero-order valence-electron chi connectivity index (χ0n) is 13.7. The number of pyridine rings is 1. The van der Waals surface area contributed by atoms with E-state index in [1.165, 1.54) is 30.5 Å². The standard InChI is InChI=1S/C17H8ClF4N5O/c18-16-25-24-13-5-6-14(26-27(13)16)28-12-8-9(17(20,21)22)3-4-10(12)11-2-1-7-23-15(11)19/h1-8H. The number of fused-ring (bicyclic) bond motifs is 1. The summed E-state index contributed by atoms with van der Waals surface area (Å²) < 4.78 is 60.2. The van der Waals surface area contributed by atoms with Crippen LogP contribution in [0.1, 0.15) is 5.56 Å². The van der Waals surface area contributed by atoms with Gasteiger partial charge in [0.15, 0.2) is 5.65 Å². The van der Waals surface area contributed by atoms with Gasteiger partial charge in [-0.3, -0.25) is 0 Å². The van der Waals surface area contributed by atoms with Gasteiger partial charge in [-0.05, 0) is 48.0 Å². The fourth-order valence-electron chi connectivity index (χ4n) is 2.51. The lowest BCUT2D eigenvalue weighted by Crippen LogP contribution is -2.06. The molecule has 0 aliphatic heterocycles. The average molecular weight is 410 g/mol. The van der Waals surface area contributed by atoms with Crippen LogP contribution in [-0.4, -0.2) is 24.8 Å². The Morgan fingerprint density at radius 3 is 2.57 bits per heavy atom. The molecule has 0 radical (unpaired) electrons. The summed E-state index contributed by atoms with van der Waals surface area (Å²) in [4.78, 5) is 3.52. The lowest BCUT2D eigenvalue weighted by molar-refractivity contribution is -0.137. The minimum absolute atomic E-state index is 0.0189. The summed E-state index contributed by atoms with van der Waals surface area (Å²) in [6.45, 7) is 0. The summed E-state index contributed by atoms with van der Waals surface area (Å²) in [5.41, 5.74) is -0.580. The van der Waals surface area contributed by atoms with Gasteiger partial charge in [-0.15, -0.1) is 15.3 Å². The lowest BCUT2D eigenvalue weighted by atomic mass is 10.0.